The zero-order valence-electron chi connectivity index (χ0n) is 25.9. The minimum atomic E-state index is -0.756. The fraction of sp³-hybridized carbons (Fsp3) is 0.562. The molecular weight excluding hydrogens is 540 g/mol. The van der Waals surface area contributed by atoms with Gasteiger partial charge in [-0.1, -0.05) is 43.3 Å². The molecule has 0 saturated carbocycles. The molecule has 0 radical (unpaired) electrons. The number of methoxy groups -OCH3 is 2. The van der Waals surface area contributed by atoms with Gasteiger partial charge in [0.15, 0.2) is 0 Å². The number of fused-ring (bicyclic) bond motifs is 2. The van der Waals surface area contributed by atoms with Crippen molar-refractivity contribution in [3.8, 4) is 11.5 Å². The summed E-state index contributed by atoms with van der Waals surface area (Å²) in [6.45, 7) is 12.1. The smallest absolute Gasteiger partial charge is 0.319 e. The molecule has 0 N–H and O–H groups in total. The van der Waals surface area contributed by atoms with Gasteiger partial charge in [-0.05, 0) is 6.42 Å². The Morgan fingerprint density at radius 2 is 1.31 bits per heavy atom. The van der Waals surface area contributed by atoms with Crippen molar-refractivity contribution in [3.63, 3.8) is 0 Å². The molecule has 0 spiro atoms. The first-order chi connectivity index (χ1) is 19.9. The van der Waals surface area contributed by atoms with Crippen molar-refractivity contribution in [3.05, 3.63) is 58.7 Å². The van der Waals surface area contributed by atoms with E-state index in [1.165, 1.54) is 14.2 Å². The van der Waals surface area contributed by atoms with Crippen molar-refractivity contribution in [2.45, 2.75) is 85.0 Å². The summed E-state index contributed by atoms with van der Waals surface area (Å²) in [5.74, 6) is -0.630. The van der Waals surface area contributed by atoms with Crippen LogP contribution >= 0.6 is 0 Å². The summed E-state index contributed by atoms with van der Waals surface area (Å²) in [7, 11) is 2.78. The molecule has 2 aromatic carbocycles. The highest BCUT2D eigenvalue weighted by Crippen LogP contribution is 2.36. The first kappa shape index (κ1) is 31.7. The van der Waals surface area contributed by atoms with Gasteiger partial charge in [0.2, 0.25) is 11.6 Å². The van der Waals surface area contributed by atoms with Crippen molar-refractivity contribution in [2.75, 3.05) is 33.9 Å². The maximum Gasteiger partial charge on any atom is 0.319 e. The number of carbonyl (C=O) groups is 2. The number of carbonyl (C=O) groups excluding carboxylic acids is 2. The van der Waals surface area contributed by atoms with Gasteiger partial charge in [0.1, 0.15) is 11.5 Å². The summed E-state index contributed by atoms with van der Waals surface area (Å²) in [6, 6.07) is 11.8. The lowest BCUT2D eigenvalue weighted by Gasteiger charge is -2.37. The largest absolute Gasteiger partial charge is 0.468 e. The van der Waals surface area contributed by atoms with Crippen LogP contribution < -0.4 is 9.47 Å². The molecule has 1 atom stereocenters. The molecule has 0 bridgehead atoms. The molecule has 0 amide bonds. The minimum absolute atomic E-state index is 0.0813. The summed E-state index contributed by atoms with van der Waals surface area (Å²) in [6.07, 6.45) is 0.726. The Labute approximate surface area is 248 Å². The van der Waals surface area contributed by atoms with Gasteiger partial charge < -0.3 is 28.4 Å². The second-order valence-corrected chi connectivity index (χ2v) is 11.7. The van der Waals surface area contributed by atoms with Crippen LogP contribution in [0.15, 0.2) is 36.4 Å². The Balaban J connectivity index is 1.62. The lowest BCUT2D eigenvalue weighted by molar-refractivity contribution is -0.181. The first-order valence-corrected chi connectivity index (χ1v) is 14.4. The van der Waals surface area contributed by atoms with Crippen LogP contribution in [0.25, 0.3) is 0 Å². The SMILES string of the molecule is CCC(CN(CC(=O)OC)Cc1cccc2c1OC(C)(C)OC2)N(CC(=O)OC)Cc1cccc2c1OC(C)(C)OC2. The number of hydrogen-bond donors (Lipinski definition) is 0. The van der Waals surface area contributed by atoms with Crippen molar-refractivity contribution >= 4 is 11.9 Å². The third-order valence-electron chi connectivity index (χ3n) is 7.57. The molecule has 10 nitrogen and oxygen atoms in total. The summed E-state index contributed by atoms with van der Waals surface area (Å²) in [5.41, 5.74) is 3.84. The highest BCUT2D eigenvalue weighted by atomic mass is 16.7. The lowest BCUT2D eigenvalue weighted by atomic mass is 10.0. The van der Waals surface area contributed by atoms with E-state index < -0.39 is 11.6 Å². The Bertz CT molecular complexity index is 1260. The molecular formula is C32H44N2O8. The van der Waals surface area contributed by atoms with Crippen LogP contribution in [-0.4, -0.2) is 73.2 Å². The molecule has 10 heteroatoms. The number of benzene rings is 2. The topological polar surface area (TPSA) is 96.0 Å². The summed E-state index contributed by atoms with van der Waals surface area (Å²) >= 11 is 0. The number of ether oxygens (including phenoxy) is 6. The van der Waals surface area contributed by atoms with Crippen molar-refractivity contribution in [1.82, 2.24) is 9.80 Å². The van der Waals surface area contributed by atoms with Crippen molar-refractivity contribution in [2.24, 2.45) is 0 Å². The molecule has 2 aliphatic rings. The summed E-state index contributed by atoms with van der Waals surface area (Å²) in [5, 5.41) is 0. The van der Waals surface area contributed by atoms with E-state index in [4.69, 9.17) is 28.4 Å². The van der Waals surface area contributed by atoms with Crippen LogP contribution in [0.3, 0.4) is 0 Å². The van der Waals surface area contributed by atoms with Crippen molar-refractivity contribution < 1.29 is 38.0 Å². The van der Waals surface area contributed by atoms with Gasteiger partial charge in [-0.3, -0.25) is 19.4 Å². The van der Waals surface area contributed by atoms with E-state index in [1.54, 1.807) is 0 Å². The number of nitrogens with zero attached hydrogens (tertiary/aromatic N) is 2. The van der Waals surface area contributed by atoms with E-state index in [-0.39, 0.29) is 31.1 Å². The van der Waals surface area contributed by atoms with Crippen LogP contribution in [0.2, 0.25) is 0 Å². The fourth-order valence-corrected chi connectivity index (χ4v) is 5.31. The molecule has 230 valence electrons. The molecule has 4 rings (SSSR count). The van der Waals surface area contributed by atoms with Gasteiger partial charge in [-0.2, -0.15) is 0 Å². The Hall–Kier alpha value is -3.18. The minimum Gasteiger partial charge on any atom is -0.468 e. The summed E-state index contributed by atoms with van der Waals surface area (Å²) < 4.78 is 34.2. The second kappa shape index (κ2) is 13.4. The van der Waals surface area contributed by atoms with Gasteiger partial charge in [-0.15, -0.1) is 0 Å². The van der Waals surface area contributed by atoms with E-state index in [0.29, 0.717) is 32.8 Å². The highest BCUT2D eigenvalue weighted by Gasteiger charge is 2.32. The van der Waals surface area contributed by atoms with Gasteiger partial charge in [0, 0.05) is 75.6 Å². The molecule has 2 aromatic rings. The predicted molar refractivity (Wildman–Crippen MR) is 156 cm³/mol. The number of esters is 2. The number of para-hydroxylation sites is 2. The maximum atomic E-state index is 12.6. The number of hydrogen-bond acceptors (Lipinski definition) is 10. The zero-order valence-corrected chi connectivity index (χ0v) is 25.9. The molecule has 42 heavy (non-hydrogen) atoms. The molecule has 0 fully saturated rings. The van der Waals surface area contributed by atoms with Crippen LogP contribution in [0.4, 0.5) is 0 Å². The van der Waals surface area contributed by atoms with Crippen molar-refractivity contribution in [1.29, 1.82) is 0 Å². The van der Waals surface area contributed by atoms with Crippen LogP contribution in [0.1, 0.15) is 63.3 Å². The van der Waals surface area contributed by atoms with E-state index in [0.717, 1.165) is 40.2 Å². The third-order valence-corrected chi connectivity index (χ3v) is 7.57. The molecule has 0 saturated heterocycles. The highest BCUT2D eigenvalue weighted by molar-refractivity contribution is 5.72. The molecule has 2 heterocycles. The van der Waals surface area contributed by atoms with E-state index in [1.807, 2.05) is 69.0 Å². The normalized spacial score (nSPS) is 17.5. The predicted octanol–water partition coefficient (Wildman–Crippen LogP) is 4.41. The van der Waals surface area contributed by atoms with Gasteiger partial charge >= 0.3 is 11.9 Å². The molecule has 2 aliphatic heterocycles. The van der Waals surface area contributed by atoms with E-state index in [2.05, 4.69) is 11.8 Å². The van der Waals surface area contributed by atoms with Gasteiger partial charge in [0.25, 0.3) is 0 Å². The molecule has 0 aliphatic carbocycles. The molecule has 1 unspecified atom stereocenters. The Morgan fingerprint density at radius 3 is 1.81 bits per heavy atom. The first-order valence-electron chi connectivity index (χ1n) is 14.4. The fourth-order valence-electron chi connectivity index (χ4n) is 5.31. The summed E-state index contributed by atoms with van der Waals surface area (Å²) in [4.78, 5) is 29.3. The average molecular weight is 585 g/mol. The maximum absolute atomic E-state index is 12.6. The molecule has 0 aromatic heterocycles. The lowest BCUT2D eigenvalue weighted by Crippen LogP contribution is -2.47. The van der Waals surface area contributed by atoms with Gasteiger partial charge in [0.05, 0.1) is 40.5 Å². The standard InChI is InChI=1S/C32H44N2O8/c1-8-26(34(19-28(36)38-7)16-23-12-10-14-25-21-40-32(4,5)42-30(23)25)17-33(18-27(35)37-6)15-22-11-9-13-24-20-39-31(2,3)41-29(22)24/h9-14,26H,8,15-21H2,1-7H3. The van der Waals surface area contributed by atoms with Crippen LogP contribution in [0.5, 0.6) is 11.5 Å². The van der Waals surface area contributed by atoms with Gasteiger partial charge in [-0.25, -0.2) is 0 Å². The quantitative estimate of drug-likeness (QED) is 0.334. The van der Waals surface area contributed by atoms with E-state index in [9.17, 15) is 9.59 Å². The zero-order chi connectivity index (χ0) is 30.5. The third kappa shape index (κ3) is 8.01. The monoisotopic (exact) mass is 584 g/mol. The number of rotatable bonds is 12. The average Bonchev–Trinajstić information content (AvgIpc) is 2.95. The van der Waals surface area contributed by atoms with Crippen LogP contribution in [0, 0.1) is 0 Å². The Morgan fingerprint density at radius 1 is 0.810 bits per heavy atom. The second-order valence-electron chi connectivity index (χ2n) is 11.7. The van der Waals surface area contributed by atoms with E-state index >= 15 is 0 Å². The van der Waals surface area contributed by atoms with Crippen LogP contribution in [-0.2, 0) is 54.8 Å². The Kier molecular flexibility index (Phi) is 10.1.